The number of unbranched alkanes of at least 4 members (excludes halogenated alkanes) is 1. The minimum atomic E-state index is -3.16. The van der Waals surface area contributed by atoms with Gasteiger partial charge in [-0.3, -0.25) is 4.79 Å². The Morgan fingerprint density at radius 1 is 1.41 bits per heavy atom. The van der Waals surface area contributed by atoms with E-state index in [2.05, 4.69) is 4.74 Å². The number of carbonyl (C=O) groups is 1. The molecule has 0 aromatic rings. The number of ether oxygens (including phenoxy) is 4. The zero-order chi connectivity index (χ0) is 19.4. The number of methoxy groups -OCH3 is 1. The van der Waals surface area contributed by atoms with Crippen molar-refractivity contribution in [3.8, 4) is 0 Å². The maximum absolute atomic E-state index is 14.9. The van der Waals surface area contributed by atoms with Crippen LogP contribution in [0.3, 0.4) is 0 Å². The Kier molecular flexibility index (Phi) is 6.70. The molecule has 0 bridgehead atoms. The summed E-state index contributed by atoms with van der Waals surface area (Å²) in [7, 11) is 1.29. The van der Waals surface area contributed by atoms with Crippen molar-refractivity contribution in [2.45, 2.75) is 69.4 Å². The third-order valence-electron chi connectivity index (χ3n) is 5.65. The number of esters is 1. The van der Waals surface area contributed by atoms with Gasteiger partial charge in [0.1, 0.15) is 6.10 Å². The monoisotopic (exact) mass is 390 g/mol. The molecule has 1 saturated carbocycles. The highest BCUT2D eigenvalue weighted by molar-refractivity contribution is 5.69. The summed E-state index contributed by atoms with van der Waals surface area (Å²) < 4.78 is 51.4. The molecule has 1 aliphatic carbocycles. The van der Waals surface area contributed by atoms with E-state index in [-0.39, 0.29) is 24.8 Å². The van der Waals surface area contributed by atoms with E-state index in [1.165, 1.54) is 13.2 Å². The number of alkyl halides is 2. The van der Waals surface area contributed by atoms with Gasteiger partial charge in [0, 0.05) is 32.0 Å². The smallest absolute Gasteiger partial charge is 0.310 e. The van der Waals surface area contributed by atoms with Gasteiger partial charge >= 0.3 is 11.9 Å². The summed E-state index contributed by atoms with van der Waals surface area (Å²) in [6, 6.07) is 0. The first-order chi connectivity index (χ1) is 13.0. The molecule has 5 atom stereocenters. The molecule has 3 aliphatic rings. The number of allylic oxidation sites excluding steroid dienone is 2. The zero-order valence-electron chi connectivity index (χ0n) is 15.6. The van der Waals surface area contributed by atoms with Crippen LogP contribution < -0.4 is 0 Å². The molecule has 3 rings (SSSR count). The maximum atomic E-state index is 14.9. The predicted octanol–water partition coefficient (Wildman–Crippen LogP) is 2.79. The SMILES string of the molecule is COC(=O)CCC/C=C1\O[C@H]2C[C@@H](OC3CCCCO3)[C@H](CO)[C@H]2C1(F)F. The van der Waals surface area contributed by atoms with Crippen LogP contribution in [0.4, 0.5) is 8.78 Å². The van der Waals surface area contributed by atoms with E-state index in [4.69, 9.17) is 14.2 Å². The summed E-state index contributed by atoms with van der Waals surface area (Å²) >= 11 is 0. The lowest BCUT2D eigenvalue weighted by atomic mass is 9.89. The lowest BCUT2D eigenvalue weighted by Crippen LogP contribution is -2.38. The van der Waals surface area contributed by atoms with E-state index in [1.54, 1.807) is 0 Å². The minimum absolute atomic E-state index is 0.176. The first-order valence-corrected chi connectivity index (χ1v) is 9.67. The van der Waals surface area contributed by atoms with E-state index in [1.807, 2.05) is 0 Å². The Morgan fingerprint density at radius 3 is 2.89 bits per heavy atom. The summed E-state index contributed by atoms with van der Waals surface area (Å²) in [5, 5.41) is 9.75. The average molecular weight is 390 g/mol. The molecule has 0 radical (unpaired) electrons. The molecule has 2 heterocycles. The molecule has 2 saturated heterocycles. The summed E-state index contributed by atoms with van der Waals surface area (Å²) in [4.78, 5) is 11.1. The van der Waals surface area contributed by atoms with E-state index in [9.17, 15) is 18.7 Å². The minimum Gasteiger partial charge on any atom is -0.488 e. The van der Waals surface area contributed by atoms with Crippen LogP contribution in [0.5, 0.6) is 0 Å². The number of fused-ring (bicyclic) bond motifs is 1. The lowest BCUT2D eigenvalue weighted by Gasteiger charge is -2.30. The molecule has 154 valence electrons. The Bertz CT molecular complexity index is 546. The summed E-state index contributed by atoms with van der Waals surface area (Å²) in [6.07, 6.45) is 3.70. The van der Waals surface area contributed by atoms with Crippen molar-refractivity contribution in [1.82, 2.24) is 0 Å². The van der Waals surface area contributed by atoms with E-state index in [0.29, 0.717) is 25.9 Å². The van der Waals surface area contributed by atoms with E-state index in [0.717, 1.165) is 19.3 Å². The van der Waals surface area contributed by atoms with Crippen LogP contribution in [-0.2, 0) is 23.7 Å². The van der Waals surface area contributed by atoms with Crippen molar-refractivity contribution in [2.24, 2.45) is 11.8 Å². The van der Waals surface area contributed by atoms with Crippen LogP contribution in [0.1, 0.15) is 44.9 Å². The number of aliphatic hydroxyl groups is 1. The molecule has 27 heavy (non-hydrogen) atoms. The fourth-order valence-corrected chi connectivity index (χ4v) is 4.25. The molecule has 8 heteroatoms. The van der Waals surface area contributed by atoms with Crippen LogP contribution in [0.2, 0.25) is 0 Å². The van der Waals surface area contributed by atoms with Crippen molar-refractivity contribution in [3.05, 3.63) is 11.8 Å². The van der Waals surface area contributed by atoms with Crippen molar-refractivity contribution in [1.29, 1.82) is 0 Å². The van der Waals surface area contributed by atoms with Gasteiger partial charge < -0.3 is 24.1 Å². The van der Waals surface area contributed by atoms with E-state index < -0.39 is 36.3 Å². The summed E-state index contributed by atoms with van der Waals surface area (Å²) in [5.41, 5.74) is 0. The number of halogens is 2. The molecule has 1 N–H and O–H groups in total. The van der Waals surface area contributed by atoms with Gasteiger partial charge in [0.2, 0.25) is 0 Å². The third kappa shape index (κ3) is 4.43. The van der Waals surface area contributed by atoms with Gasteiger partial charge in [0.25, 0.3) is 0 Å². The first kappa shape index (κ1) is 20.5. The van der Waals surface area contributed by atoms with Crippen molar-refractivity contribution < 1.29 is 37.6 Å². The summed E-state index contributed by atoms with van der Waals surface area (Å²) in [5.74, 6) is -5.68. The Labute approximate surface area is 157 Å². The van der Waals surface area contributed by atoms with Gasteiger partial charge in [-0.15, -0.1) is 0 Å². The van der Waals surface area contributed by atoms with Crippen LogP contribution in [-0.4, -0.2) is 55.8 Å². The fraction of sp³-hybridized carbons (Fsp3) is 0.842. The Balaban J connectivity index is 1.61. The van der Waals surface area contributed by atoms with Gasteiger partial charge in [-0.25, -0.2) is 0 Å². The Hall–Kier alpha value is -1.25. The fourth-order valence-electron chi connectivity index (χ4n) is 4.25. The van der Waals surface area contributed by atoms with Crippen LogP contribution in [0.25, 0.3) is 0 Å². The van der Waals surface area contributed by atoms with Gasteiger partial charge in [-0.05, 0) is 38.2 Å². The van der Waals surface area contributed by atoms with Gasteiger partial charge in [0.05, 0.1) is 19.1 Å². The summed E-state index contributed by atoms with van der Waals surface area (Å²) in [6.45, 7) is 0.228. The van der Waals surface area contributed by atoms with Gasteiger partial charge in [-0.1, -0.05) is 0 Å². The van der Waals surface area contributed by atoms with Gasteiger partial charge in [-0.2, -0.15) is 8.78 Å². The molecule has 6 nitrogen and oxygen atoms in total. The standard InChI is InChI=1S/C19H28F2O6/c1-24-16(23)7-3-2-6-15-19(20,21)18-12(11-22)13(10-14(18)26-15)27-17-8-4-5-9-25-17/h6,12-14,17-18,22H,2-5,7-11H2,1H3/b15-6-/t12-,13+,14-,17?,18+/m0/s1. The molecule has 2 aliphatic heterocycles. The number of hydrogen-bond donors (Lipinski definition) is 1. The lowest BCUT2D eigenvalue weighted by molar-refractivity contribution is -0.202. The second kappa shape index (κ2) is 8.84. The third-order valence-corrected chi connectivity index (χ3v) is 5.65. The molecular formula is C19H28F2O6. The number of hydrogen-bond acceptors (Lipinski definition) is 6. The zero-order valence-corrected chi connectivity index (χ0v) is 15.6. The number of aliphatic hydroxyl groups excluding tert-OH is 1. The first-order valence-electron chi connectivity index (χ1n) is 9.67. The predicted molar refractivity (Wildman–Crippen MR) is 90.9 cm³/mol. The van der Waals surface area contributed by atoms with Crippen molar-refractivity contribution >= 4 is 5.97 Å². The highest BCUT2D eigenvalue weighted by Crippen LogP contribution is 2.54. The largest absolute Gasteiger partial charge is 0.488 e. The van der Waals surface area contributed by atoms with Crippen LogP contribution in [0, 0.1) is 11.8 Å². The van der Waals surface area contributed by atoms with Crippen molar-refractivity contribution in [2.75, 3.05) is 20.3 Å². The molecule has 0 amide bonds. The molecular weight excluding hydrogens is 362 g/mol. The van der Waals surface area contributed by atoms with Crippen LogP contribution in [0.15, 0.2) is 11.8 Å². The highest BCUT2D eigenvalue weighted by atomic mass is 19.3. The van der Waals surface area contributed by atoms with Crippen LogP contribution >= 0.6 is 0 Å². The topological polar surface area (TPSA) is 74.2 Å². The van der Waals surface area contributed by atoms with Gasteiger partial charge in [0.15, 0.2) is 12.0 Å². The number of carbonyl (C=O) groups excluding carboxylic acids is 1. The maximum Gasteiger partial charge on any atom is 0.310 e. The molecule has 1 unspecified atom stereocenters. The molecule has 0 aromatic carbocycles. The van der Waals surface area contributed by atoms with Crippen molar-refractivity contribution in [3.63, 3.8) is 0 Å². The molecule has 3 fully saturated rings. The highest BCUT2D eigenvalue weighted by Gasteiger charge is 2.64. The molecule has 0 aromatic heterocycles. The second-order valence-corrected chi connectivity index (χ2v) is 7.39. The van der Waals surface area contributed by atoms with E-state index >= 15 is 0 Å². The quantitative estimate of drug-likeness (QED) is 0.532. The average Bonchev–Trinajstić information content (AvgIpc) is 3.13. The second-order valence-electron chi connectivity index (χ2n) is 7.39. The number of rotatable bonds is 7. The molecule has 0 spiro atoms. The normalized spacial score (nSPS) is 36.4. The Morgan fingerprint density at radius 2 is 2.22 bits per heavy atom.